The number of carbonyl (C=O) groups excluding carboxylic acids is 1. The highest BCUT2D eigenvalue weighted by atomic mass is 16.5. The van der Waals surface area contributed by atoms with Crippen molar-refractivity contribution < 1.29 is 19.4 Å². The first-order valence-electron chi connectivity index (χ1n) is 6.74. The maximum absolute atomic E-state index is 11.6. The van der Waals surface area contributed by atoms with Crippen LogP contribution in [0.1, 0.15) is 44.9 Å². The minimum atomic E-state index is -0.751. The van der Waals surface area contributed by atoms with Crippen molar-refractivity contribution in [3.05, 3.63) is 0 Å². The molecule has 0 aliphatic carbocycles. The molecule has 104 valence electrons. The van der Waals surface area contributed by atoms with E-state index in [2.05, 4.69) is 5.32 Å². The van der Waals surface area contributed by atoms with Gasteiger partial charge >= 0.3 is 5.97 Å². The Balaban J connectivity index is 1.94. The second-order valence-electron chi connectivity index (χ2n) is 4.81. The van der Waals surface area contributed by atoms with Crippen LogP contribution in [0, 0.1) is 5.92 Å². The molecule has 0 spiro atoms. The zero-order valence-electron chi connectivity index (χ0n) is 10.8. The molecular weight excluding hydrogens is 234 g/mol. The number of aliphatic carboxylic acids is 1. The number of rotatable bonds is 8. The predicted molar refractivity (Wildman–Crippen MR) is 67.3 cm³/mol. The number of carboxylic acids is 1. The summed E-state index contributed by atoms with van der Waals surface area (Å²) in [5, 5.41) is 11.4. The van der Waals surface area contributed by atoms with E-state index in [4.69, 9.17) is 9.84 Å². The quantitative estimate of drug-likeness (QED) is 0.647. The van der Waals surface area contributed by atoms with Gasteiger partial charge in [-0.25, -0.2) is 0 Å². The molecule has 0 radical (unpaired) electrons. The maximum atomic E-state index is 11.6. The van der Waals surface area contributed by atoms with Gasteiger partial charge in [-0.15, -0.1) is 0 Å². The minimum Gasteiger partial charge on any atom is -0.481 e. The Kier molecular flexibility index (Phi) is 7.41. The second-order valence-corrected chi connectivity index (χ2v) is 4.81. The lowest BCUT2D eigenvalue weighted by molar-refractivity contribution is -0.137. The largest absolute Gasteiger partial charge is 0.481 e. The van der Waals surface area contributed by atoms with E-state index >= 15 is 0 Å². The van der Waals surface area contributed by atoms with Crippen molar-refractivity contribution >= 4 is 11.9 Å². The summed E-state index contributed by atoms with van der Waals surface area (Å²) in [5.74, 6) is -0.176. The highest BCUT2D eigenvalue weighted by molar-refractivity contribution is 5.76. The van der Waals surface area contributed by atoms with Crippen molar-refractivity contribution in [3.8, 4) is 0 Å². The third kappa shape index (κ3) is 7.27. The van der Waals surface area contributed by atoms with Gasteiger partial charge in [0.25, 0.3) is 0 Å². The molecule has 0 bridgehead atoms. The maximum Gasteiger partial charge on any atom is 0.303 e. The third-order valence-corrected chi connectivity index (χ3v) is 3.20. The van der Waals surface area contributed by atoms with Crippen molar-refractivity contribution in [2.24, 2.45) is 5.92 Å². The second kappa shape index (κ2) is 8.91. The standard InChI is InChI=1S/C13H23NO4/c15-12(10-11-5-8-18-9-6-11)14-7-3-1-2-4-13(16)17/h11H,1-10H2,(H,14,15)(H,16,17). The number of unbranched alkanes of at least 4 members (excludes halogenated alkanes) is 2. The highest BCUT2D eigenvalue weighted by Gasteiger charge is 2.16. The fourth-order valence-corrected chi connectivity index (χ4v) is 2.09. The molecule has 5 heteroatoms. The summed E-state index contributed by atoms with van der Waals surface area (Å²) >= 11 is 0. The van der Waals surface area contributed by atoms with Crippen LogP contribution in [0.5, 0.6) is 0 Å². The van der Waals surface area contributed by atoms with E-state index in [1.54, 1.807) is 0 Å². The van der Waals surface area contributed by atoms with E-state index in [9.17, 15) is 9.59 Å². The van der Waals surface area contributed by atoms with Crippen molar-refractivity contribution in [3.63, 3.8) is 0 Å². The Hall–Kier alpha value is -1.10. The van der Waals surface area contributed by atoms with Gasteiger partial charge in [0, 0.05) is 32.6 Å². The number of hydrogen-bond acceptors (Lipinski definition) is 3. The van der Waals surface area contributed by atoms with Crippen LogP contribution in [-0.4, -0.2) is 36.7 Å². The molecule has 0 aromatic heterocycles. The smallest absolute Gasteiger partial charge is 0.303 e. The molecule has 18 heavy (non-hydrogen) atoms. The van der Waals surface area contributed by atoms with Crippen LogP contribution >= 0.6 is 0 Å². The van der Waals surface area contributed by atoms with E-state index in [0.717, 1.165) is 38.9 Å². The SMILES string of the molecule is O=C(O)CCCCCNC(=O)CC1CCOCC1. The van der Waals surface area contributed by atoms with E-state index < -0.39 is 5.97 Å². The van der Waals surface area contributed by atoms with Crippen molar-refractivity contribution in [2.45, 2.75) is 44.9 Å². The predicted octanol–water partition coefficient (Wildman–Crippen LogP) is 1.56. The Morgan fingerprint density at radius 3 is 2.56 bits per heavy atom. The van der Waals surface area contributed by atoms with Gasteiger partial charge in [0.1, 0.15) is 0 Å². The number of nitrogens with one attached hydrogen (secondary N) is 1. The zero-order chi connectivity index (χ0) is 13.2. The minimum absolute atomic E-state index is 0.111. The van der Waals surface area contributed by atoms with Gasteiger partial charge in [-0.2, -0.15) is 0 Å². The highest BCUT2D eigenvalue weighted by Crippen LogP contribution is 2.17. The first-order chi connectivity index (χ1) is 8.68. The van der Waals surface area contributed by atoms with Crippen LogP contribution in [-0.2, 0) is 14.3 Å². The summed E-state index contributed by atoms with van der Waals surface area (Å²) in [6, 6.07) is 0. The van der Waals surface area contributed by atoms with Crippen LogP contribution in [0.15, 0.2) is 0 Å². The number of amides is 1. The van der Waals surface area contributed by atoms with Crippen LogP contribution in [0.3, 0.4) is 0 Å². The fraction of sp³-hybridized carbons (Fsp3) is 0.846. The molecule has 0 aromatic carbocycles. The summed E-state index contributed by atoms with van der Waals surface area (Å²) in [7, 11) is 0. The lowest BCUT2D eigenvalue weighted by atomic mass is 9.96. The summed E-state index contributed by atoms with van der Waals surface area (Å²) in [5.41, 5.74) is 0. The van der Waals surface area contributed by atoms with Crippen LogP contribution in [0.2, 0.25) is 0 Å². The molecule has 5 nitrogen and oxygen atoms in total. The van der Waals surface area contributed by atoms with Gasteiger partial charge in [-0.3, -0.25) is 9.59 Å². The van der Waals surface area contributed by atoms with Crippen molar-refractivity contribution in [1.82, 2.24) is 5.32 Å². The Morgan fingerprint density at radius 1 is 1.17 bits per heavy atom. The number of carbonyl (C=O) groups is 2. The summed E-state index contributed by atoms with van der Waals surface area (Å²) in [4.78, 5) is 21.9. The molecule has 0 unspecified atom stereocenters. The molecule has 0 atom stereocenters. The molecular formula is C13H23NO4. The van der Waals surface area contributed by atoms with Gasteiger partial charge in [0.05, 0.1) is 0 Å². The van der Waals surface area contributed by atoms with Crippen LogP contribution in [0.4, 0.5) is 0 Å². The van der Waals surface area contributed by atoms with E-state index in [0.29, 0.717) is 25.3 Å². The van der Waals surface area contributed by atoms with Crippen LogP contribution in [0.25, 0.3) is 0 Å². The number of hydrogen-bond donors (Lipinski definition) is 2. The molecule has 2 N–H and O–H groups in total. The first kappa shape index (κ1) is 15.0. The molecule has 1 saturated heterocycles. The van der Waals surface area contributed by atoms with Gasteiger partial charge in [0.15, 0.2) is 0 Å². The van der Waals surface area contributed by atoms with Gasteiger partial charge in [-0.05, 0) is 31.6 Å². The van der Waals surface area contributed by atoms with E-state index in [1.165, 1.54) is 0 Å². The van der Waals surface area contributed by atoms with Gasteiger partial charge in [-0.1, -0.05) is 6.42 Å². The Labute approximate surface area is 108 Å². The molecule has 1 aliphatic rings. The molecule has 1 amide bonds. The zero-order valence-corrected chi connectivity index (χ0v) is 10.8. The van der Waals surface area contributed by atoms with Gasteiger partial charge < -0.3 is 15.2 Å². The van der Waals surface area contributed by atoms with Crippen LogP contribution < -0.4 is 5.32 Å². The average Bonchev–Trinajstić information content (AvgIpc) is 2.34. The topological polar surface area (TPSA) is 75.6 Å². The Morgan fingerprint density at radius 2 is 1.89 bits per heavy atom. The molecule has 0 aromatic rings. The average molecular weight is 257 g/mol. The first-order valence-corrected chi connectivity index (χ1v) is 6.74. The summed E-state index contributed by atoms with van der Waals surface area (Å²) in [6.07, 6.45) is 5.16. The lowest BCUT2D eigenvalue weighted by Gasteiger charge is -2.21. The van der Waals surface area contributed by atoms with Crippen molar-refractivity contribution in [2.75, 3.05) is 19.8 Å². The third-order valence-electron chi connectivity index (χ3n) is 3.20. The molecule has 1 fully saturated rings. The summed E-state index contributed by atoms with van der Waals surface area (Å²) in [6.45, 7) is 2.20. The number of ether oxygens (including phenoxy) is 1. The fourth-order valence-electron chi connectivity index (χ4n) is 2.09. The molecule has 1 heterocycles. The van der Waals surface area contributed by atoms with E-state index in [1.807, 2.05) is 0 Å². The monoisotopic (exact) mass is 257 g/mol. The van der Waals surface area contributed by atoms with Gasteiger partial charge in [0.2, 0.25) is 5.91 Å². The normalized spacial score (nSPS) is 16.4. The number of carboxylic acid groups (broad SMARTS) is 1. The molecule has 1 aliphatic heterocycles. The van der Waals surface area contributed by atoms with E-state index in [-0.39, 0.29) is 12.3 Å². The summed E-state index contributed by atoms with van der Waals surface area (Å²) < 4.78 is 5.25. The van der Waals surface area contributed by atoms with Crippen molar-refractivity contribution in [1.29, 1.82) is 0 Å². The Bertz CT molecular complexity index is 262. The molecule has 0 saturated carbocycles. The lowest BCUT2D eigenvalue weighted by Crippen LogP contribution is -2.28. The molecule has 1 rings (SSSR count).